The Morgan fingerprint density at radius 3 is 2.47 bits per heavy atom. The molecule has 1 amide bonds. The Labute approximate surface area is 192 Å². The van der Waals surface area contributed by atoms with Crippen molar-refractivity contribution < 1.29 is 18.7 Å². The number of H-pyrrole nitrogens is 1. The number of amides is 1. The maximum absolute atomic E-state index is 14.2. The molecule has 0 saturated heterocycles. The fourth-order valence-electron chi connectivity index (χ4n) is 5.41. The number of aromatic amines is 1. The zero-order chi connectivity index (χ0) is 23.7. The summed E-state index contributed by atoms with van der Waals surface area (Å²) in [5.41, 5.74) is 2.55. The maximum atomic E-state index is 14.2. The number of rotatable bonds is 2. The Morgan fingerprint density at radius 2 is 1.82 bits per heavy atom. The summed E-state index contributed by atoms with van der Waals surface area (Å²) in [7, 11) is 0. The van der Waals surface area contributed by atoms with E-state index in [1.807, 2.05) is 6.07 Å². The van der Waals surface area contributed by atoms with Crippen molar-refractivity contribution in [2.24, 2.45) is 0 Å². The molecule has 2 unspecified atom stereocenters. The van der Waals surface area contributed by atoms with Gasteiger partial charge < -0.3 is 15.0 Å². The number of aromatic nitrogens is 3. The molecule has 2 aromatic heterocycles. The zero-order valence-electron chi connectivity index (χ0n) is 18.4. The molecule has 0 radical (unpaired) electrons. The van der Waals surface area contributed by atoms with Gasteiger partial charge in [0.05, 0.1) is 23.3 Å². The van der Waals surface area contributed by atoms with E-state index < -0.39 is 17.7 Å². The van der Waals surface area contributed by atoms with Crippen molar-refractivity contribution in [2.75, 3.05) is 0 Å². The molecule has 7 nitrogen and oxygen atoms in total. The number of imidazole rings is 1. The first-order valence-electron chi connectivity index (χ1n) is 11.3. The quantitative estimate of drug-likeness (QED) is 0.475. The number of nitrogens with zero attached hydrogens (tertiary/aromatic N) is 3. The fraction of sp³-hybridized carbons (Fsp3) is 0.320. The highest BCUT2D eigenvalue weighted by molar-refractivity contribution is 5.99. The monoisotopic (exact) mass is 464 g/mol. The molecule has 2 atom stereocenters. The smallest absolute Gasteiger partial charge is 0.274 e. The third-order valence-electron chi connectivity index (χ3n) is 7.20. The van der Waals surface area contributed by atoms with E-state index >= 15 is 0 Å². The Hall–Kier alpha value is -3.59. The number of fused-ring (bicyclic) bond motifs is 4. The van der Waals surface area contributed by atoms with E-state index in [9.17, 15) is 23.5 Å². The SMILES string of the molecule is Cc1cc2c(cc1C(=O)N1Cc3c(F)ccc(F)c3C1)[nH]c(=O)c1cnc(C3CCCC3O)n12. The highest BCUT2D eigenvalue weighted by Crippen LogP contribution is 2.35. The average molecular weight is 464 g/mol. The molecule has 1 saturated carbocycles. The summed E-state index contributed by atoms with van der Waals surface area (Å²) in [5.74, 6) is -0.962. The molecule has 0 bridgehead atoms. The van der Waals surface area contributed by atoms with Gasteiger partial charge in [0.1, 0.15) is 23.0 Å². The van der Waals surface area contributed by atoms with Crippen LogP contribution >= 0.6 is 0 Å². The lowest BCUT2D eigenvalue weighted by molar-refractivity contribution is 0.0749. The lowest BCUT2D eigenvalue weighted by Crippen LogP contribution is -2.26. The van der Waals surface area contributed by atoms with Gasteiger partial charge in [-0.05, 0) is 49.6 Å². The second-order valence-corrected chi connectivity index (χ2v) is 9.23. The molecular formula is C25H22F2N4O3. The number of benzene rings is 2. The van der Waals surface area contributed by atoms with Crippen LogP contribution in [0.5, 0.6) is 0 Å². The van der Waals surface area contributed by atoms with Gasteiger partial charge in [0.25, 0.3) is 11.5 Å². The molecule has 9 heteroatoms. The highest BCUT2D eigenvalue weighted by Gasteiger charge is 2.32. The first-order valence-corrected chi connectivity index (χ1v) is 11.3. The molecular weight excluding hydrogens is 442 g/mol. The van der Waals surface area contributed by atoms with Gasteiger partial charge in [0.15, 0.2) is 0 Å². The number of nitrogens with one attached hydrogen (secondary N) is 1. The summed E-state index contributed by atoms with van der Waals surface area (Å²) in [4.78, 5) is 34.8. The van der Waals surface area contributed by atoms with Crippen LogP contribution < -0.4 is 5.56 Å². The summed E-state index contributed by atoms with van der Waals surface area (Å²) in [5, 5.41) is 10.4. The third kappa shape index (κ3) is 3.00. The van der Waals surface area contributed by atoms with Crippen LogP contribution in [-0.4, -0.2) is 36.4 Å². The number of hydrogen-bond donors (Lipinski definition) is 2. The van der Waals surface area contributed by atoms with Crippen molar-refractivity contribution in [1.29, 1.82) is 0 Å². The van der Waals surface area contributed by atoms with Gasteiger partial charge in [-0.25, -0.2) is 13.8 Å². The first-order chi connectivity index (χ1) is 16.3. The van der Waals surface area contributed by atoms with Gasteiger partial charge >= 0.3 is 0 Å². The van der Waals surface area contributed by atoms with Crippen LogP contribution in [0.1, 0.15) is 58.1 Å². The van der Waals surface area contributed by atoms with E-state index in [1.165, 1.54) is 11.1 Å². The van der Waals surface area contributed by atoms with E-state index in [0.29, 0.717) is 39.9 Å². The predicted octanol–water partition coefficient (Wildman–Crippen LogP) is 3.55. The lowest BCUT2D eigenvalue weighted by Gasteiger charge is -2.18. The maximum Gasteiger partial charge on any atom is 0.274 e. The van der Waals surface area contributed by atoms with Crippen LogP contribution in [-0.2, 0) is 13.1 Å². The van der Waals surface area contributed by atoms with Gasteiger partial charge in [-0.1, -0.05) is 6.42 Å². The van der Waals surface area contributed by atoms with Crippen molar-refractivity contribution in [3.63, 3.8) is 0 Å². The second-order valence-electron chi connectivity index (χ2n) is 9.23. The van der Waals surface area contributed by atoms with E-state index in [0.717, 1.165) is 25.0 Å². The molecule has 3 heterocycles. The predicted molar refractivity (Wildman–Crippen MR) is 121 cm³/mol. The number of aliphatic hydroxyl groups is 1. The molecule has 0 spiro atoms. The van der Waals surface area contributed by atoms with E-state index in [4.69, 9.17) is 0 Å². The molecule has 2 aliphatic rings. The van der Waals surface area contributed by atoms with Crippen molar-refractivity contribution in [3.05, 3.63) is 80.5 Å². The standard InChI is InChI=1S/C25H22F2N4O3/c1-12-7-20-19(29-24(33)21-9-28-23(31(20)21)13-3-2-4-22(13)32)8-14(12)25(34)30-10-15-16(11-30)18(27)6-5-17(15)26/h5-9,13,22,32H,2-4,10-11H2,1H3,(H,29,33). The second kappa shape index (κ2) is 7.46. The molecule has 2 aromatic carbocycles. The van der Waals surface area contributed by atoms with Crippen molar-refractivity contribution in [2.45, 2.75) is 51.3 Å². The molecule has 174 valence electrons. The summed E-state index contributed by atoms with van der Waals surface area (Å²) in [6.07, 6.45) is 3.36. The van der Waals surface area contributed by atoms with Gasteiger partial charge in [-0.15, -0.1) is 0 Å². The Bertz CT molecular complexity index is 1530. The molecule has 6 rings (SSSR count). The van der Waals surface area contributed by atoms with Crippen molar-refractivity contribution in [3.8, 4) is 0 Å². The summed E-state index contributed by atoms with van der Waals surface area (Å²) in [6.45, 7) is 1.75. The van der Waals surface area contributed by atoms with Gasteiger partial charge in [0, 0.05) is 35.7 Å². The molecule has 4 aromatic rings. The van der Waals surface area contributed by atoms with Crippen LogP contribution in [0.25, 0.3) is 16.6 Å². The molecule has 2 N–H and O–H groups in total. The number of aliphatic hydroxyl groups excluding tert-OH is 1. The van der Waals surface area contributed by atoms with E-state index in [2.05, 4.69) is 9.97 Å². The van der Waals surface area contributed by atoms with Crippen LogP contribution in [0.2, 0.25) is 0 Å². The first kappa shape index (κ1) is 21.0. The summed E-state index contributed by atoms with van der Waals surface area (Å²) in [6, 6.07) is 5.56. The van der Waals surface area contributed by atoms with Crippen LogP contribution in [0.3, 0.4) is 0 Å². The Balaban J connectivity index is 1.45. The molecule has 1 aliphatic carbocycles. The summed E-state index contributed by atoms with van der Waals surface area (Å²) < 4.78 is 30.1. The van der Waals surface area contributed by atoms with Crippen LogP contribution in [0, 0.1) is 18.6 Å². The molecule has 1 fully saturated rings. The number of halogens is 2. The largest absolute Gasteiger partial charge is 0.392 e. The molecule has 1 aliphatic heterocycles. The molecule has 34 heavy (non-hydrogen) atoms. The normalized spacial score (nSPS) is 19.9. The van der Waals surface area contributed by atoms with Crippen LogP contribution in [0.4, 0.5) is 8.78 Å². The fourth-order valence-corrected chi connectivity index (χ4v) is 5.41. The number of hydrogen-bond acceptors (Lipinski definition) is 4. The van der Waals surface area contributed by atoms with Gasteiger partial charge in [-0.3, -0.25) is 14.0 Å². The van der Waals surface area contributed by atoms with E-state index in [1.54, 1.807) is 17.4 Å². The number of carbonyl (C=O) groups is 1. The number of aryl methyl sites for hydroxylation is 1. The zero-order valence-corrected chi connectivity index (χ0v) is 18.4. The number of carbonyl (C=O) groups excluding carboxylic acids is 1. The van der Waals surface area contributed by atoms with Crippen molar-refractivity contribution >= 4 is 22.5 Å². The summed E-state index contributed by atoms with van der Waals surface area (Å²) >= 11 is 0. The van der Waals surface area contributed by atoms with Gasteiger partial charge in [0.2, 0.25) is 0 Å². The third-order valence-corrected chi connectivity index (χ3v) is 7.20. The topological polar surface area (TPSA) is 90.7 Å². The van der Waals surface area contributed by atoms with Crippen LogP contribution in [0.15, 0.2) is 35.3 Å². The highest BCUT2D eigenvalue weighted by atomic mass is 19.1. The minimum Gasteiger partial charge on any atom is -0.392 e. The minimum absolute atomic E-state index is 0.0178. The van der Waals surface area contributed by atoms with Crippen molar-refractivity contribution in [1.82, 2.24) is 19.3 Å². The van der Waals surface area contributed by atoms with E-state index in [-0.39, 0.29) is 41.6 Å². The Kier molecular flexibility index (Phi) is 4.60. The van der Waals surface area contributed by atoms with Gasteiger partial charge in [-0.2, -0.15) is 0 Å². The Morgan fingerprint density at radius 1 is 1.12 bits per heavy atom. The lowest BCUT2D eigenvalue weighted by atomic mass is 10.0. The minimum atomic E-state index is -0.532. The average Bonchev–Trinajstić information content (AvgIpc) is 3.54.